The minimum absolute atomic E-state index is 0.0473. The standard InChI is InChI=1S/C27H25N3O3/c31-26(28-22-10-6-9-21(17-22)27(32)29-13-15-33-16-14-29)24-19-30(18-20-7-2-1-3-8-20)25-12-5-4-11-23(24)25/h1-12,17,19H,13-16,18H2,(H,28,31). The van der Waals surface area contributed by atoms with Crippen LogP contribution < -0.4 is 5.32 Å². The SMILES string of the molecule is O=C(Nc1cccc(C(=O)N2CCOCC2)c1)c1cn(Cc2ccccc2)c2ccccc12. The first-order chi connectivity index (χ1) is 16.2. The first-order valence-electron chi connectivity index (χ1n) is 11.1. The van der Waals surface area contributed by atoms with E-state index in [2.05, 4.69) is 22.0 Å². The number of benzene rings is 3. The third-order valence-corrected chi connectivity index (χ3v) is 5.89. The summed E-state index contributed by atoms with van der Waals surface area (Å²) in [6.45, 7) is 2.94. The number of hydrogen-bond acceptors (Lipinski definition) is 3. The average molecular weight is 440 g/mol. The van der Waals surface area contributed by atoms with Gasteiger partial charge in [-0.3, -0.25) is 9.59 Å². The van der Waals surface area contributed by atoms with Crippen LogP contribution in [0.2, 0.25) is 0 Å². The molecule has 0 atom stereocenters. The van der Waals surface area contributed by atoms with E-state index in [-0.39, 0.29) is 11.8 Å². The number of nitrogens with zero attached hydrogens (tertiary/aromatic N) is 2. The predicted octanol–water partition coefficient (Wildman–Crippen LogP) is 4.41. The highest BCUT2D eigenvalue weighted by Gasteiger charge is 2.20. The molecule has 0 spiro atoms. The zero-order valence-corrected chi connectivity index (χ0v) is 18.2. The third-order valence-electron chi connectivity index (χ3n) is 5.89. The molecule has 166 valence electrons. The quantitative estimate of drug-likeness (QED) is 0.501. The molecule has 0 unspecified atom stereocenters. The number of para-hydroxylation sites is 1. The summed E-state index contributed by atoms with van der Waals surface area (Å²) in [5.74, 6) is -0.247. The maximum atomic E-state index is 13.2. The van der Waals surface area contributed by atoms with Crippen LogP contribution in [0.1, 0.15) is 26.3 Å². The molecular formula is C27H25N3O3. The lowest BCUT2D eigenvalue weighted by molar-refractivity contribution is 0.0303. The summed E-state index contributed by atoms with van der Waals surface area (Å²) in [5.41, 5.74) is 3.92. The van der Waals surface area contributed by atoms with E-state index in [1.807, 2.05) is 48.7 Å². The highest BCUT2D eigenvalue weighted by Crippen LogP contribution is 2.24. The smallest absolute Gasteiger partial charge is 0.257 e. The molecule has 3 aromatic carbocycles. The third kappa shape index (κ3) is 4.52. The van der Waals surface area contributed by atoms with Gasteiger partial charge in [-0.1, -0.05) is 54.6 Å². The van der Waals surface area contributed by atoms with Gasteiger partial charge in [-0.2, -0.15) is 0 Å². The Morgan fingerprint density at radius 1 is 0.879 bits per heavy atom. The van der Waals surface area contributed by atoms with Crippen LogP contribution in [0.15, 0.2) is 85.1 Å². The number of carbonyl (C=O) groups is 2. The van der Waals surface area contributed by atoms with Crippen molar-refractivity contribution >= 4 is 28.4 Å². The van der Waals surface area contributed by atoms with Gasteiger partial charge in [0.05, 0.1) is 18.8 Å². The van der Waals surface area contributed by atoms with E-state index in [9.17, 15) is 9.59 Å². The van der Waals surface area contributed by atoms with E-state index in [0.717, 1.165) is 10.9 Å². The van der Waals surface area contributed by atoms with Crippen LogP contribution in [-0.4, -0.2) is 47.6 Å². The number of morpholine rings is 1. The number of anilines is 1. The van der Waals surface area contributed by atoms with Gasteiger partial charge >= 0.3 is 0 Å². The monoisotopic (exact) mass is 439 g/mol. The van der Waals surface area contributed by atoms with E-state index in [0.29, 0.717) is 49.7 Å². The van der Waals surface area contributed by atoms with Crippen molar-refractivity contribution in [3.63, 3.8) is 0 Å². The average Bonchev–Trinajstić information content (AvgIpc) is 3.23. The predicted molar refractivity (Wildman–Crippen MR) is 129 cm³/mol. The summed E-state index contributed by atoms with van der Waals surface area (Å²) in [6, 6.07) is 25.2. The molecule has 1 aromatic heterocycles. The molecule has 1 N–H and O–H groups in total. The van der Waals surface area contributed by atoms with Crippen LogP contribution >= 0.6 is 0 Å². The van der Waals surface area contributed by atoms with Crippen LogP contribution in [-0.2, 0) is 11.3 Å². The largest absolute Gasteiger partial charge is 0.378 e. The zero-order valence-electron chi connectivity index (χ0n) is 18.2. The summed E-state index contributed by atoms with van der Waals surface area (Å²) in [5, 5.41) is 3.87. The molecule has 2 heterocycles. The van der Waals surface area contributed by atoms with Crippen molar-refractivity contribution in [1.82, 2.24) is 9.47 Å². The molecule has 1 saturated heterocycles. The Kier molecular flexibility index (Phi) is 5.91. The lowest BCUT2D eigenvalue weighted by Gasteiger charge is -2.27. The second kappa shape index (κ2) is 9.30. The number of nitrogens with one attached hydrogen (secondary N) is 1. The minimum Gasteiger partial charge on any atom is -0.378 e. The van der Waals surface area contributed by atoms with Crippen molar-refractivity contribution < 1.29 is 14.3 Å². The Bertz CT molecular complexity index is 1290. The molecule has 0 bridgehead atoms. The van der Waals surface area contributed by atoms with Crippen LogP contribution in [0.5, 0.6) is 0 Å². The fourth-order valence-corrected chi connectivity index (χ4v) is 4.22. The van der Waals surface area contributed by atoms with E-state index < -0.39 is 0 Å². The first kappa shape index (κ1) is 21.0. The lowest BCUT2D eigenvalue weighted by Crippen LogP contribution is -2.40. The van der Waals surface area contributed by atoms with Crippen LogP contribution in [0.25, 0.3) is 10.9 Å². The molecule has 0 saturated carbocycles. The van der Waals surface area contributed by atoms with Gasteiger partial charge in [0.15, 0.2) is 0 Å². The number of ether oxygens (including phenoxy) is 1. The van der Waals surface area contributed by atoms with Gasteiger partial charge in [-0.25, -0.2) is 0 Å². The van der Waals surface area contributed by atoms with Gasteiger partial charge < -0.3 is 19.5 Å². The second-order valence-electron chi connectivity index (χ2n) is 8.11. The maximum absolute atomic E-state index is 13.2. The Morgan fingerprint density at radius 2 is 1.64 bits per heavy atom. The summed E-state index contributed by atoms with van der Waals surface area (Å²) in [4.78, 5) is 27.8. The van der Waals surface area contributed by atoms with Gasteiger partial charge in [0.2, 0.25) is 0 Å². The summed E-state index contributed by atoms with van der Waals surface area (Å²) in [7, 11) is 0. The highest BCUT2D eigenvalue weighted by atomic mass is 16.5. The van der Waals surface area contributed by atoms with Crippen LogP contribution in [0, 0.1) is 0 Å². The summed E-state index contributed by atoms with van der Waals surface area (Å²) in [6.07, 6.45) is 1.90. The topological polar surface area (TPSA) is 63.6 Å². The van der Waals surface area contributed by atoms with E-state index in [4.69, 9.17) is 4.74 Å². The number of aromatic nitrogens is 1. The van der Waals surface area contributed by atoms with Gasteiger partial charge in [-0.15, -0.1) is 0 Å². The molecular weight excluding hydrogens is 414 g/mol. The first-order valence-corrected chi connectivity index (χ1v) is 11.1. The number of hydrogen-bond donors (Lipinski definition) is 1. The van der Waals surface area contributed by atoms with E-state index in [1.54, 1.807) is 29.2 Å². The molecule has 1 aliphatic rings. The van der Waals surface area contributed by atoms with Crippen molar-refractivity contribution in [1.29, 1.82) is 0 Å². The molecule has 1 aliphatic heterocycles. The lowest BCUT2D eigenvalue weighted by atomic mass is 10.1. The van der Waals surface area contributed by atoms with Crippen molar-refractivity contribution in [2.24, 2.45) is 0 Å². The van der Waals surface area contributed by atoms with Gasteiger partial charge in [-0.05, 0) is 29.8 Å². The fraction of sp³-hybridized carbons (Fsp3) is 0.185. The van der Waals surface area contributed by atoms with Crippen molar-refractivity contribution in [3.8, 4) is 0 Å². The second-order valence-corrected chi connectivity index (χ2v) is 8.11. The molecule has 1 fully saturated rings. The van der Waals surface area contributed by atoms with Crippen molar-refractivity contribution in [2.75, 3.05) is 31.6 Å². The van der Waals surface area contributed by atoms with E-state index in [1.165, 1.54) is 5.56 Å². The normalized spacial score (nSPS) is 13.8. The number of rotatable bonds is 5. The van der Waals surface area contributed by atoms with E-state index >= 15 is 0 Å². The molecule has 0 radical (unpaired) electrons. The number of carbonyl (C=O) groups excluding carboxylic acids is 2. The van der Waals surface area contributed by atoms with Gasteiger partial charge in [0, 0.05) is 48.0 Å². The Balaban J connectivity index is 1.39. The molecule has 33 heavy (non-hydrogen) atoms. The molecule has 6 heteroatoms. The minimum atomic E-state index is -0.200. The van der Waals surface area contributed by atoms with Gasteiger partial charge in [0.1, 0.15) is 0 Å². The van der Waals surface area contributed by atoms with Crippen LogP contribution in [0.3, 0.4) is 0 Å². The molecule has 2 amide bonds. The molecule has 4 aromatic rings. The molecule has 5 rings (SSSR count). The number of amides is 2. The maximum Gasteiger partial charge on any atom is 0.257 e. The van der Waals surface area contributed by atoms with Crippen molar-refractivity contribution in [3.05, 3.63) is 102 Å². The Morgan fingerprint density at radius 3 is 2.45 bits per heavy atom. The summed E-state index contributed by atoms with van der Waals surface area (Å²) >= 11 is 0. The van der Waals surface area contributed by atoms with Gasteiger partial charge in [0.25, 0.3) is 11.8 Å². The fourth-order valence-electron chi connectivity index (χ4n) is 4.22. The number of fused-ring (bicyclic) bond motifs is 1. The van der Waals surface area contributed by atoms with Crippen molar-refractivity contribution in [2.45, 2.75) is 6.54 Å². The summed E-state index contributed by atoms with van der Waals surface area (Å²) < 4.78 is 7.43. The Labute approximate surface area is 192 Å². The zero-order chi connectivity index (χ0) is 22.6. The Hall–Kier alpha value is -3.90. The van der Waals surface area contributed by atoms with Crippen LogP contribution in [0.4, 0.5) is 5.69 Å². The molecule has 6 nitrogen and oxygen atoms in total. The highest BCUT2D eigenvalue weighted by molar-refractivity contribution is 6.13. The molecule has 0 aliphatic carbocycles.